The molecule has 6 nitrogen and oxygen atoms in total. The van der Waals surface area contributed by atoms with Crippen LogP contribution in [-0.2, 0) is 20.5 Å². The van der Waals surface area contributed by atoms with Crippen LogP contribution in [0.2, 0.25) is 0 Å². The maximum absolute atomic E-state index is 13.2. The van der Waals surface area contributed by atoms with E-state index in [1.807, 2.05) is 0 Å². The van der Waals surface area contributed by atoms with Gasteiger partial charge in [-0.25, -0.2) is 4.90 Å². The third-order valence-electron chi connectivity index (χ3n) is 5.98. The number of nitrogens with zero attached hydrogens (tertiary/aromatic N) is 2. The van der Waals surface area contributed by atoms with Gasteiger partial charge in [-0.05, 0) is 32.0 Å². The highest BCUT2D eigenvalue weighted by atomic mass is 19.4. The molecule has 2 amide bonds. The van der Waals surface area contributed by atoms with E-state index in [-0.39, 0.29) is 12.1 Å². The van der Waals surface area contributed by atoms with Crippen LogP contribution in [0.4, 0.5) is 18.9 Å². The minimum absolute atomic E-state index is 0.165. The monoisotopic (exact) mass is 380 g/mol. The molecular weight excluding hydrogens is 365 g/mol. The Kier molecular flexibility index (Phi) is 3.38. The third-order valence-corrected chi connectivity index (χ3v) is 5.98. The molecule has 1 aromatic carbocycles. The number of imide groups is 1. The second-order valence-electron chi connectivity index (χ2n) is 7.63. The highest BCUT2D eigenvalue weighted by Gasteiger charge is 2.75. The van der Waals surface area contributed by atoms with Gasteiger partial charge in [0.2, 0.25) is 11.8 Å². The maximum atomic E-state index is 13.2. The molecule has 2 bridgehead atoms. The van der Waals surface area contributed by atoms with Crippen LogP contribution in [0.15, 0.2) is 18.2 Å². The number of nitriles is 1. The first-order valence-electron chi connectivity index (χ1n) is 8.31. The standard InChI is InChI=1S/C18H15F3N2O4/c1-16-6-11(24)17(2,27-16)13-12(16)14(25)23(15(13)26)9-4-3-8(7-22)10(5-9)18(19,20)21/h3-5,11-13,24H,6H2,1-2H3/t11-,12?,13-,16+,17+/m1/s1. The Bertz CT molecular complexity index is 924. The summed E-state index contributed by atoms with van der Waals surface area (Å²) in [6.07, 6.45) is -5.59. The van der Waals surface area contributed by atoms with Crippen molar-refractivity contribution in [2.75, 3.05) is 4.90 Å². The van der Waals surface area contributed by atoms with Crippen LogP contribution in [-0.4, -0.2) is 34.2 Å². The Morgan fingerprint density at radius 2 is 1.89 bits per heavy atom. The summed E-state index contributed by atoms with van der Waals surface area (Å²) in [5.41, 5.74) is -4.37. The molecule has 1 unspecified atom stereocenters. The average molecular weight is 380 g/mol. The number of benzene rings is 1. The van der Waals surface area contributed by atoms with E-state index < -0.39 is 58.3 Å². The number of amides is 2. The molecule has 3 aliphatic rings. The minimum Gasteiger partial charge on any atom is -0.390 e. The van der Waals surface area contributed by atoms with Gasteiger partial charge in [-0.15, -0.1) is 0 Å². The van der Waals surface area contributed by atoms with Gasteiger partial charge >= 0.3 is 6.18 Å². The summed E-state index contributed by atoms with van der Waals surface area (Å²) in [5.74, 6) is -3.19. The third kappa shape index (κ3) is 2.14. The van der Waals surface area contributed by atoms with Crippen molar-refractivity contribution in [3.05, 3.63) is 29.3 Å². The van der Waals surface area contributed by atoms with E-state index in [4.69, 9.17) is 10.00 Å². The fourth-order valence-corrected chi connectivity index (χ4v) is 4.78. The quantitative estimate of drug-likeness (QED) is 0.753. The Hall–Kier alpha value is -2.44. The van der Waals surface area contributed by atoms with E-state index in [9.17, 15) is 27.9 Å². The number of anilines is 1. The van der Waals surface area contributed by atoms with Crippen LogP contribution < -0.4 is 4.90 Å². The number of aliphatic hydroxyl groups is 1. The van der Waals surface area contributed by atoms with Crippen molar-refractivity contribution in [3.8, 4) is 6.07 Å². The molecule has 9 heteroatoms. The molecule has 3 heterocycles. The van der Waals surface area contributed by atoms with Crippen LogP contribution in [0, 0.1) is 23.2 Å². The lowest BCUT2D eigenvalue weighted by atomic mass is 9.67. The number of ether oxygens (including phenoxy) is 1. The zero-order valence-corrected chi connectivity index (χ0v) is 14.4. The second-order valence-corrected chi connectivity index (χ2v) is 7.63. The van der Waals surface area contributed by atoms with Crippen molar-refractivity contribution in [2.45, 2.75) is 43.8 Å². The zero-order chi connectivity index (χ0) is 19.9. The molecule has 0 saturated carbocycles. The predicted molar refractivity (Wildman–Crippen MR) is 84.2 cm³/mol. The fourth-order valence-electron chi connectivity index (χ4n) is 4.78. The van der Waals surface area contributed by atoms with Gasteiger partial charge in [0.05, 0.1) is 46.4 Å². The number of hydrogen-bond acceptors (Lipinski definition) is 5. The molecule has 0 aliphatic carbocycles. The first-order valence-corrected chi connectivity index (χ1v) is 8.31. The molecule has 1 N–H and O–H groups in total. The summed E-state index contributed by atoms with van der Waals surface area (Å²) >= 11 is 0. The van der Waals surface area contributed by atoms with Crippen molar-refractivity contribution in [1.82, 2.24) is 0 Å². The topological polar surface area (TPSA) is 90.6 Å². The lowest BCUT2D eigenvalue weighted by molar-refractivity contribution is -0.138. The molecule has 0 radical (unpaired) electrons. The highest BCUT2D eigenvalue weighted by molar-refractivity contribution is 6.23. The molecule has 4 rings (SSSR count). The Labute approximate surface area is 152 Å². The van der Waals surface area contributed by atoms with Gasteiger partial charge in [0, 0.05) is 6.42 Å². The molecule has 5 atom stereocenters. The number of aliphatic hydroxyl groups excluding tert-OH is 1. The summed E-state index contributed by atoms with van der Waals surface area (Å²) in [5, 5.41) is 19.2. The van der Waals surface area contributed by atoms with Gasteiger partial charge in [-0.1, -0.05) is 0 Å². The first kappa shape index (κ1) is 17.9. The molecule has 0 aromatic heterocycles. The van der Waals surface area contributed by atoms with Gasteiger partial charge in [-0.3, -0.25) is 9.59 Å². The molecular formula is C18H15F3N2O4. The summed E-state index contributed by atoms with van der Waals surface area (Å²) in [4.78, 5) is 26.6. The number of carbonyl (C=O) groups is 2. The predicted octanol–water partition coefficient (Wildman–Crippen LogP) is 1.99. The fraction of sp³-hybridized carbons (Fsp3) is 0.500. The second kappa shape index (κ2) is 5.09. The van der Waals surface area contributed by atoms with E-state index in [0.717, 1.165) is 17.0 Å². The van der Waals surface area contributed by atoms with Crippen LogP contribution in [0.5, 0.6) is 0 Å². The van der Waals surface area contributed by atoms with Crippen molar-refractivity contribution >= 4 is 17.5 Å². The Balaban J connectivity index is 1.81. The van der Waals surface area contributed by atoms with Crippen molar-refractivity contribution < 1.29 is 32.6 Å². The molecule has 3 aliphatic heterocycles. The Morgan fingerprint density at radius 3 is 2.48 bits per heavy atom. The van der Waals surface area contributed by atoms with Crippen LogP contribution >= 0.6 is 0 Å². The van der Waals surface area contributed by atoms with Crippen LogP contribution in [0.1, 0.15) is 31.4 Å². The number of hydrogen-bond donors (Lipinski definition) is 1. The van der Waals surface area contributed by atoms with Gasteiger partial charge < -0.3 is 9.84 Å². The lowest BCUT2D eigenvalue weighted by Crippen LogP contribution is -2.49. The number of rotatable bonds is 1. The molecule has 142 valence electrons. The Morgan fingerprint density at radius 1 is 1.26 bits per heavy atom. The van der Waals surface area contributed by atoms with Crippen LogP contribution in [0.25, 0.3) is 0 Å². The van der Waals surface area contributed by atoms with Gasteiger partial charge in [-0.2, -0.15) is 18.4 Å². The summed E-state index contributed by atoms with van der Waals surface area (Å²) in [7, 11) is 0. The number of fused-ring (bicyclic) bond motifs is 5. The molecule has 1 aromatic rings. The normalized spacial score (nSPS) is 37.7. The summed E-state index contributed by atoms with van der Waals surface area (Å²) in [6.45, 7) is 3.17. The molecule has 27 heavy (non-hydrogen) atoms. The van der Waals surface area contributed by atoms with E-state index >= 15 is 0 Å². The summed E-state index contributed by atoms with van der Waals surface area (Å²) < 4.78 is 45.6. The van der Waals surface area contributed by atoms with Crippen molar-refractivity contribution in [3.63, 3.8) is 0 Å². The van der Waals surface area contributed by atoms with Crippen molar-refractivity contribution in [1.29, 1.82) is 5.26 Å². The van der Waals surface area contributed by atoms with Crippen molar-refractivity contribution in [2.24, 2.45) is 11.8 Å². The van der Waals surface area contributed by atoms with Gasteiger partial charge in [0.25, 0.3) is 0 Å². The largest absolute Gasteiger partial charge is 0.417 e. The zero-order valence-electron chi connectivity index (χ0n) is 14.4. The van der Waals surface area contributed by atoms with E-state index in [2.05, 4.69) is 0 Å². The minimum atomic E-state index is -4.81. The smallest absolute Gasteiger partial charge is 0.390 e. The van der Waals surface area contributed by atoms with Gasteiger partial charge in [0.1, 0.15) is 5.60 Å². The lowest BCUT2D eigenvalue weighted by Gasteiger charge is -2.31. The van der Waals surface area contributed by atoms with E-state index in [0.29, 0.717) is 6.07 Å². The number of carbonyl (C=O) groups excluding carboxylic acids is 2. The molecule has 0 spiro atoms. The SMILES string of the molecule is C[C@]12O[C@@](C)(C[C@H]1O)C1C(=O)N(c3ccc(C#N)c(C(F)(F)F)c3)C(=O)[C@@H]12. The van der Waals surface area contributed by atoms with E-state index in [1.165, 1.54) is 6.07 Å². The summed E-state index contributed by atoms with van der Waals surface area (Å²) in [6, 6.07) is 4.19. The van der Waals surface area contributed by atoms with Gasteiger partial charge in [0.15, 0.2) is 0 Å². The molecule has 3 saturated heterocycles. The van der Waals surface area contributed by atoms with Crippen LogP contribution in [0.3, 0.4) is 0 Å². The van der Waals surface area contributed by atoms with E-state index in [1.54, 1.807) is 13.8 Å². The highest BCUT2D eigenvalue weighted by Crippen LogP contribution is 2.61. The average Bonchev–Trinajstić information content (AvgIpc) is 3.07. The number of alkyl halides is 3. The first-order chi connectivity index (χ1) is 12.4. The molecule has 3 fully saturated rings. The maximum Gasteiger partial charge on any atom is 0.417 e. The number of halogens is 3.